The minimum Gasteiger partial charge on any atom is -0.508 e. The number of rotatable bonds is 8. The van der Waals surface area contributed by atoms with Crippen LogP contribution in [0.15, 0.2) is 96.6 Å². The van der Waals surface area contributed by atoms with Gasteiger partial charge in [0.1, 0.15) is 17.6 Å². The number of aryl methyl sites for hydroxylation is 1. The number of halogens is 1. The van der Waals surface area contributed by atoms with Crippen LogP contribution in [0.3, 0.4) is 0 Å². The van der Waals surface area contributed by atoms with E-state index in [0.29, 0.717) is 60.8 Å². The van der Waals surface area contributed by atoms with Gasteiger partial charge in [0.05, 0.1) is 17.2 Å². The Labute approximate surface area is 344 Å². The van der Waals surface area contributed by atoms with Crippen LogP contribution in [0.1, 0.15) is 104 Å². The van der Waals surface area contributed by atoms with Gasteiger partial charge in [-0.1, -0.05) is 60.2 Å². The first kappa shape index (κ1) is 37.9. The SMILES string of the molecule is O=C1CCC(N2C(=O)c3cc4c(cc3C2=O)CC(CC2(F)CCN(CC3CN(c5ccc([C@@H]6c7ccc(O)cc7CC[C@@H]6c6ccccc6)cc5)C3)CC2)=CC4)C(O)N1. The van der Waals surface area contributed by atoms with Crippen LogP contribution in [0.4, 0.5) is 10.1 Å². The highest BCUT2D eigenvalue weighted by Gasteiger charge is 2.45. The molecule has 0 radical (unpaired) electrons. The summed E-state index contributed by atoms with van der Waals surface area (Å²) in [5.41, 5.74) is 8.78. The number of carbonyl (C=O) groups is 3. The molecular formula is C49H51FN4O5. The second-order valence-corrected chi connectivity index (χ2v) is 17.9. The van der Waals surface area contributed by atoms with Gasteiger partial charge in [0.25, 0.3) is 11.8 Å². The molecule has 2 unspecified atom stereocenters. The Morgan fingerprint density at radius 3 is 2.25 bits per heavy atom. The number of benzene rings is 4. The fraction of sp³-hybridized carbons (Fsp3) is 0.408. The van der Waals surface area contributed by atoms with Crippen molar-refractivity contribution in [2.24, 2.45) is 5.92 Å². The van der Waals surface area contributed by atoms with Crippen LogP contribution in [0, 0.1) is 5.92 Å². The van der Waals surface area contributed by atoms with Gasteiger partial charge < -0.3 is 25.3 Å². The predicted molar refractivity (Wildman–Crippen MR) is 223 cm³/mol. The Kier molecular flexibility index (Phi) is 9.67. The number of anilines is 1. The van der Waals surface area contributed by atoms with E-state index in [-0.39, 0.29) is 24.7 Å². The fourth-order valence-electron chi connectivity index (χ4n) is 10.9. The van der Waals surface area contributed by atoms with Crippen LogP contribution in [-0.4, -0.2) is 88.4 Å². The molecule has 3 N–H and O–H groups in total. The first-order chi connectivity index (χ1) is 28.6. The second-order valence-electron chi connectivity index (χ2n) is 17.9. The van der Waals surface area contributed by atoms with Gasteiger partial charge in [0.2, 0.25) is 5.91 Å². The van der Waals surface area contributed by atoms with Gasteiger partial charge in [-0.05, 0) is 121 Å². The van der Waals surface area contributed by atoms with Crippen LogP contribution < -0.4 is 10.2 Å². The number of amides is 3. The van der Waals surface area contributed by atoms with Crippen molar-refractivity contribution >= 4 is 23.4 Å². The number of hydrogen-bond acceptors (Lipinski definition) is 7. The van der Waals surface area contributed by atoms with Crippen molar-refractivity contribution in [3.05, 3.63) is 141 Å². The maximum Gasteiger partial charge on any atom is 0.261 e. The average molecular weight is 795 g/mol. The lowest BCUT2D eigenvalue weighted by Gasteiger charge is -2.45. The van der Waals surface area contributed by atoms with E-state index in [2.05, 4.69) is 81.9 Å². The minimum atomic E-state index is -1.29. The fourth-order valence-corrected chi connectivity index (χ4v) is 10.9. The number of hydrogen-bond donors (Lipinski definition) is 3. The zero-order chi connectivity index (χ0) is 40.4. The molecule has 3 saturated heterocycles. The van der Waals surface area contributed by atoms with Crippen LogP contribution in [0.2, 0.25) is 0 Å². The number of aliphatic hydroxyl groups is 1. The van der Waals surface area contributed by atoms with E-state index in [1.807, 2.05) is 12.1 Å². The normalized spacial score (nSPS) is 25.5. The van der Waals surface area contributed by atoms with E-state index in [1.165, 1.54) is 27.9 Å². The molecule has 3 fully saturated rings. The number of nitrogens with one attached hydrogen (secondary N) is 1. The number of alkyl halides is 1. The highest BCUT2D eigenvalue weighted by molar-refractivity contribution is 6.22. The molecule has 2 aliphatic carbocycles. The van der Waals surface area contributed by atoms with Gasteiger partial charge in [-0.3, -0.25) is 19.3 Å². The van der Waals surface area contributed by atoms with Gasteiger partial charge in [0.15, 0.2) is 0 Å². The van der Waals surface area contributed by atoms with E-state index in [1.54, 1.807) is 12.1 Å². The van der Waals surface area contributed by atoms with Gasteiger partial charge in [0, 0.05) is 63.1 Å². The van der Waals surface area contributed by atoms with Crippen molar-refractivity contribution in [1.82, 2.24) is 15.1 Å². The van der Waals surface area contributed by atoms with Crippen LogP contribution in [0.5, 0.6) is 5.75 Å². The maximum atomic E-state index is 16.4. The van der Waals surface area contributed by atoms with Crippen molar-refractivity contribution in [2.75, 3.05) is 37.6 Å². The van der Waals surface area contributed by atoms with Gasteiger partial charge in [-0.2, -0.15) is 0 Å². The lowest BCUT2D eigenvalue weighted by atomic mass is 9.69. The average Bonchev–Trinajstić information content (AvgIpc) is 3.46. The molecule has 4 aliphatic heterocycles. The number of allylic oxidation sites excluding steroid dienone is 2. The second kappa shape index (κ2) is 15.1. The van der Waals surface area contributed by atoms with E-state index < -0.39 is 29.8 Å². The third kappa shape index (κ3) is 7.14. The Morgan fingerprint density at radius 1 is 0.797 bits per heavy atom. The zero-order valence-corrected chi connectivity index (χ0v) is 33.3. The molecule has 0 aromatic heterocycles. The molecule has 4 aromatic carbocycles. The first-order valence-corrected chi connectivity index (χ1v) is 21.4. The summed E-state index contributed by atoms with van der Waals surface area (Å²) >= 11 is 0. The number of imide groups is 1. The standard InChI is InChI=1S/C49H51FN4O5/c50-49(26-30-6-7-34-24-41-42(25-36(34)22-30)48(59)54(47(41)58)43-16-17-44(56)51-46(43)57)18-20-52(21-19-49)27-31-28-53(29-31)37-11-8-33(9-12-37)45-39(32-4-2-1-3-5-32)14-10-35-23-38(55)13-15-40(35)45/h1-6,8-9,11-13,15,23-25,31,39,43,45-46,55,57H,7,10,14,16-22,26-29H2,(H,51,56)/t39-,43?,45+,46?/m1/s1. The summed E-state index contributed by atoms with van der Waals surface area (Å²) in [7, 11) is 0. The largest absolute Gasteiger partial charge is 0.508 e. The summed E-state index contributed by atoms with van der Waals surface area (Å²) in [6.45, 7) is 4.44. The van der Waals surface area contributed by atoms with Crippen molar-refractivity contribution in [1.29, 1.82) is 0 Å². The quantitative estimate of drug-likeness (QED) is 0.133. The molecule has 0 saturated carbocycles. The lowest BCUT2D eigenvalue weighted by molar-refractivity contribution is -0.129. The number of aromatic hydroxyl groups is 1. The van der Waals surface area contributed by atoms with E-state index in [0.717, 1.165) is 67.2 Å². The number of likely N-dealkylation sites (tertiary alicyclic amines) is 1. The Balaban J connectivity index is 0.721. The first-order valence-electron chi connectivity index (χ1n) is 21.4. The Morgan fingerprint density at radius 2 is 1.53 bits per heavy atom. The summed E-state index contributed by atoms with van der Waals surface area (Å²) in [6, 6.07) is 28.6. The molecule has 59 heavy (non-hydrogen) atoms. The third-order valence-corrected chi connectivity index (χ3v) is 14.1. The molecule has 4 atom stereocenters. The highest BCUT2D eigenvalue weighted by atomic mass is 19.1. The molecule has 304 valence electrons. The van der Waals surface area contributed by atoms with Crippen LogP contribution in [0.25, 0.3) is 0 Å². The summed E-state index contributed by atoms with van der Waals surface area (Å²) in [6.07, 6.45) is 5.65. The molecule has 10 heteroatoms. The summed E-state index contributed by atoms with van der Waals surface area (Å²) in [4.78, 5) is 44.5. The number of aliphatic hydroxyl groups excluding tert-OH is 1. The van der Waals surface area contributed by atoms with Gasteiger partial charge >= 0.3 is 0 Å². The van der Waals surface area contributed by atoms with Gasteiger partial charge in [-0.25, -0.2) is 4.39 Å². The highest BCUT2D eigenvalue weighted by Crippen LogP contribution is 2.47. The molecule has 3 amide bonds. The molecule has 4 heterocycles. The molecule has 10 rings (SSSR count). The van der Waals surface area contributed by atoms with E-state index in [9.17, 15) is 24.6 Å². The summed E-state index contributed by atoms with van der Waals surface area (Å²) in [5, 5.41) is 23.1. The molecule has 4 aromatic rings. The maximum absolute atomic E-state index is 16.4. The molecule has 9 nitrogen and oxygen atoms in total. The van der Waals surface area contributed by atoms with Crippen LogP contribution >= 0.6 is 0 Å². The van der Waals surface area contributed by atoms with Crippen molar-refractivity contribution in [3.8, 4) is 5.75 Å². The monoisotopic (exact) mass is 794 g/mol. The zero-order valence-electron chi connectivity index (χ0n) is 33.3. The number of carbonyl (C=O) groups excluding carboxylic acids is 3. The third-order valence-electron chi connectivity index (χ3n) is 14.1. The molecule has 0 spiro atoms. The molecule has 0 bridgehead atoms. The number of phenolic OH excluding ortho intramolecular Hbond substituents is 1. The smallest absolute Gasteiger partial charge is 0.261 e. The van der Waals surface area contributed by atoms with Crippen molar-refractivity contribution in [2.45, 2.75) is 87.6 Å². The Hall–Kier alpha value is -5.32. The van der Waals surface area contributed by atoms with Gasteiger partial charge in [-0.15, -0.1) is 0 Å². The number of piperidine rings is 2. The summed E-state index contributed by atoms with van der Waals surface area (Å²) in [5.74, 6) is 0.288. The molecule has 6 aliphatic rings. The summed E-state index contributed by atoms with van der Waals surface area (Å²) < 4.78 is 16.4. The van der Waals surface area contributed by atoms with Crippen molar-refractivity contribution < 1.29 is 29.0 Å². The van der Waals surface area contributed by atoms with E-state index >= 15 is 4.39 Å². The molecular weight excluding hydrogens is 744 g/mol. The van der Waals surface area contributed by atoms with Crippen LogP contribution in [-0.2, 0) is 24.1 Å². The number of nitrogens with zero attached hydrogens (tertiary/aromatic N) is 3. The number of phenols is 1. The van der Waals surface area contributed by atoms with E-state index in [4.69, 9.17) is 0 Å². The Bertz CT molecular complexity index is 2330. The number of fused-ring (bicyclic) bond motifs is 3. The van der Waals surface area contributed by atoms with Crippen molar-refractivity contribution in [3.63, 3.8) is 0 Å². The lowest BCUT2D eigenvalue weighted by Crippen LogP contribution is -2.57. The minimum absolute atomic E-state index is 0.137. The predicted octanol–water partition coefficient (Wildman–Crippen LogP) is 6.80. The topological polar surface area (TPSA) is 113 Å².